The average Bonchev–Trinajstić information content (AvgIpc) is 3.77. The zero-order chi connectivity index (χ0) is 26.9. The van der Waals surface area contributed by atoms with E-state index in [1.54, 1.807) is 24.3 Å². The Kier molecular flexibility index (Phi) is 9.59. The number of carbonyl (C=O) groups is 2. The Bertz CT molecular complexity index is 1080. The molecule has 2 aliphatic rings. The molecule has 2 amide bonds. The third kappa shape index (κ3) is 7.95. The molecule has 0 radical (unpaired) electrons. The SMILES string of the molecule is NC(N)=NCCC[C@@H](NC(=O)C(c1ccccc1)N1CCC(C2CC2)CC1)C(=O)NCc1ccc(O)cc1. The molecule has 2 fully saturated rings. The van der Waals surface area contributed by atoms with Crippen molar-refractivity contribution < 1.29 is 14.7 Å². The van der Waals surface area contributed by atoms with Crippen molar-refractivity contribution in [1.82, 2.24) is 15.5 Å². The summed E-state index contributed by atoms with van der Waals surface area (Å²) in [5.74, 6) is 1.36. The molecule has 4 rings (SSSR count). The second-order valence-electron chi connectivity index (χ2n) is 10.4. The van der Waals surface area contributed by atoms with Gasteiger partial charge in [0.15, 0.2) is 5.96 Å². The normalized spacial score (nSPS) is 17.8. The molecule has 9 nitrogen and oxygen atoms in total. The molecule has 1 saturated heterocycles. The molecular formula is C29H40N6O3. The molecule has 0 bridgehead atoms. The highest BCUT2D eigenvalue weighted by Crippen LogP contribution is 2.42. The van der Waals surface area contributed by atoms with Crippen molar-refractivity contribution in [3.8, 4) is 5.75 Å². The van der Waals surface area contributed by atoms with E-state index in [0.717, 1.165) is 48.9 Å². The Hall–Kier alpha value is -3.59. The van der Waals surface area contributed by atoms with Gasteiger partial charge >= 0.3 is 0 Å². The van der Waals surface area contributed by atoms with Crippen LogP contribution >= 0.6 is 0 Å². The van der Waals surface area contributed by atoms with Gasteiger partial charge in [0.05, 0.1) is 0 Å². The minimum atomic E-state index is -0.732. The van der Waals surface area contributed by atoms with Gasteiger partial charge in [-0.05, 0) is 86.7 Å². The van der Waals surface area contributed by atoms with Gasteiger partial charge in [0, 0.05) is 13.1 Å². The van der Waals surface area contributed by atoms with Crippen LogP contribution in [0.15, 0.2) is 59.6 Å². The van der Waals surface area contributed by atoms with Gasteiger partial charge in [0.1, 0.15) is 17.8 Å². The Balaban J connectivity index is 1.45. The maximum absolute atomic E-state index is 13.8. The molecule has 1 unspecified atom stereocenters. The third-order valence-electron chi connectivity index (χ3n) is 7.57. The number of nitrogens with one attached hydrogen (secondary N) is 2. The summed E-state index contributed by atoms with van der Waals surface area (Å²) in [6.07, 6.45) is 5.84. The van der Waals surface area contributed by atoms with Gasteiger partial charge in [-0.25, -0.2) is 0 Å². The summed E-state index contributed by atoms with van der Waals surface area (Å²) in [4.78, 5) is 33.3. The summed E-state index contributed by atoms with van der Waals surface area (Å²) in [5.41, 5.74) is 12.7. The maximum atomic E-state index is 13.8. The summed E-state index contributed by atoms with van der Waals surface area (Å²) in [6.45, 7) is 2.40. The first-order valence-corrected chi connectivity index (χ1v) is 13.6. The van der Waals surface area contributed by atoms with Crippen molar-refractivity contribution in [2.75, 3.05) is 19.6 Å². The summed E-state index contributed by atoms with van der Waals surface area (Å²) in [5, 5.41) is 15.5. The summed E-state index contributed by atoms with van der Waals surface area (Å²) in [7, 11) is 0. The lowest BCUT2D eigenvalue weighted by molar-refractivity contribution is -0.133. The molecule has 1 heterocycles. The number of phenols is 1. The minimum absolute atomic E-state index is 0.00103. The predicted octanol–water partition coefficient (Wildman–Crippen LogP) is 2.41. The molecule has 2 aromatic carbocycles. The van der Waals surface area contributed by atoms with Crippen LogP contribution in [-0.2, 0) is 16.1 Å². The van der Waals surface area contributed by atoms with Gasteiger partial charge in [0.25, 0.3) is 0 Å². The fourth-order valence-corrected chi connectivity index (χ4v) is 5.33. The molecule has 1 saturated carbocycles. The molecule has 0 aromatic heterocycles. The molecule has 1 aliphatic heterocycles. The van der Waals surface area contributed by atoms with Crippen molar-refractivity contribution in [3.63, 3.8) is 0 Å². The van der Waals surface area contributed by atoms with E-state index in [1.165, 1.54) is 12.8 Å². The van der Waals surface area contributed by atoms with Crippen molar-refractivity contribution in [1.29, 1.82) is 0 Å². The number of piperidine rings is 1. The zero-order valence-electron chi connectivity index (χ0n) is 21.9. The van der Waals surface area contributed by atoms with Crippen LogP contribution in [0.5, 0.6) is 5.75 Å². The van der Waals surface area contributed by atoms with Crippen LogP contribution in [-0.4, -0.2) is 53.5 Å². The second kappa shape index (κ2) is 13.3. The van der Waals surface area contributed by atoms with E-state index >= 15 is 0 Å². The van der Waals surface area contributed by atoms with Crippen LogP contribution in [0.25, 0.3) is 0 Å². The van der Waals surface area contributed by atoms with Crippen LogP contribution in [0, 0.1) is 11.8 Å². The number of phenolic OH excluding ortho intramolecular Hbond substituents is 1. The smallest absolute Gasteiger partial charge is 0.242 e. The Morgan fingerprint density at radius 3 is 2.24 bits per heavy atom. The number of nitrogens with zero attached hydrogens (tertiary/aromatic N) is 2. The lowest BCUT2D eigenvalue weighted by Crippen LogP contribution is -2.51. The van der Waals surface area contributed by atoms with Gasteiger partial charge in [-0.15, -0.1) is 0 Å². The maximum Gasteiger partial charge on any atom is 0.242 e. The van der Waals surface area contributed by atoms with Crippen molar-refractivity contribution in [2.45, 2.75) is 57.2 Å². The molecule has 204 valence electrons. The molecule has 1 aliphatic carbocycles. The van der Waals surface area contributed by atoms with E-state index < -0.39 is 12.1 Å². The number of carbonyl (C=O) groups excluding carboxylic acids is 2. The predicted molar refractivity (Wildman–Crippen MR) is 148 cm³/mol. The molecule has 2 aromatic rings. The first kappa shape index (κ1) is 27.4. The van der Waals surface area contributed by atoms with E-state index in [9.17, 15) is 14.7 Å². The van der Waals surface area contributed by atoms with E-state index in [2.05, 4.69) is 20.5 Å². The summed E-state index contributed by atoms with van der Waals surface area (Å²) < 4.78 is 0. The van der Waals surface area contributed by atoms with Gasteiger partial charge in [0.2, 0.25) is 11.8 Å². The first-order chi connectivity index (χ1) is 18.4. The number of benzene rings is 2. The van der Waals surface area contributed by atoms with Crippen LogP contribution in [0.4, 0.5) is 0 Å². The standard InChI is InChI=1S/C29H40N6O3/c30-29(31)32-16-4-7-25(27(37)33-19-20-8-12-24(36)13-9-20)34-28(38)26(23-5-2-1-3-6-23)35-17-14-22(15-18-35)21-10-11-21/h1-3,5-6,8-9,12-13,21-22,25-26,36H,4,7,10-11,14-19H2,(H,33,37)(H,34,38)(H4,30,31,32)/t25-,26?/m1/s1. The molecule has 0 spiro atoms. The average molecular weight is 521 g/mol. The van der Waals surface area contributed by atoms with Crippen molar-refractivity contribution in [3.05, 3.63) is 65.7 Å². The number of guanidine groups is 1. The quantitative estimate of drug-likeness (QED) is 0.165. The first-order valence-electron chi connectivity index (χ1n) is 13.6. The molecule has 7 N–H and O–H groups in total. The number of nitrogens with two attached hydrogens (primary N) is 2. The van der Waals surface area contributed by atoms with Crippen LogP contribution < -0.4 is 22.1 Å². The second-order valence-corrected chi connectivity index (χ2v) is 10.4. The van der Waals surface area contributed by atoms with Gasteiger partial charge < -0.3 is 27.2 Å². The fraction of sp³-hybridized carbons (Fsp3) is 0.483. The van der Waals surface area contributed by atoms with E-state index in [1.807, 2.05) is 30.3 Å². The fourth-order valence-electron chi connectivity index (χ4n) is 5.33. The molecular weight excluding hydrogens is 480 g/mol. The number of likely N-dealkylation sites (tertiary alicyclic amines) is 1. The van der Waals surface area contributed by atoms with E-state index in [0.29, 0.717) is 19.4 Å². The Labute approximate surface area is 224 Å². The summed E-state index contributed by atoms with van der Waals surface area (Å²) in [6, 6.07) is 15.3. The number of hydrogen-bond acceptors (Lipinski definition) is 5. The van der Waals surface area contributed by atoms with Gasteiger partial charge in [-0.1, -0.05) is 42.5 Å². The topological polar surface area (TPSA) is 146 Å². The molecule has 38 heavy (non-hydrogen) atoms. The van der Waals surface area contributed by atoms with Crippen molar-refractivity contribution >= 4 is 17.8 Å². The molecule has 9 heteroatoms. The number of rotatable bonds is 12. The van der Waals surface area contributed by atoms with Crippen LogP contribution in [0.1, 0.15) is 55.7 Å². The van der Waals surface area contributed by atoms with Crippen LogP contribution in [0.2, 0.25) is 0 Å². The number of aromatic hydroxyl groups is 1. The zero-order valence-corrected chi connectivity index (χ0v) is 21.9. The highest BCUT2D eigenvalue weighted by molar-refractivity contribution is 5.90. The van der Waals surface area contributed by atoms with Gasteiger partial charge in [-0.3, -0.25) is 19.5 Å². The Morgan fingerprint density at radius 2 is 1.61 bits per heavy atom. The van der Waals surface area contributed by atoms with Crippen LogP contribution in [0.3, 0.4) is 0 Å². The number of hydrogen-bond donors (Lipinski definition) is 5. The van der Waals surface area contributed by atoms with Gasteiger partial charge in [-0.2, -0.15) is 0 Å². The largest absolute Gasteiger partial charge is 0.508 e. The summed E-state index contributed by atoms with van der Waals surface area (Å²) >= 11 is 0. The lowest BCUT2D eigenvalue weighted by atomic mass is 9.90. The highest BCUT2D eigenvalue weighted by atomic mass is 16.3. The van der Waals surface area contributed by atoms with Crippen molar-refractivity contribution in [2.24, 2.45) is 28.3 Å². The number of aliphatic imine (C=N–C) groups is 1. The lowest BCUT2D eigenvalue weighted by Gasteiger charge is -2.37. The minimum Gasteiger partial charge on any atom is -0.508 e. The number of amides is 2. The molecule has 2 atom stereocenters. The third-order valence-corrected chi connectivity index (χ3v) is 7.57. The monoisotopic (exact) mass is 520 g/mol. The van der Waals surface area contributed by atoms with E-state index in [-0.39, 0.29) is 30.1 Å². The highest BCUT2D eigenvalue weighted by Gasteiger charge is 2.37. The van der Waals surface area contributed by atoms with E-state index in [4.69, 9.17) is 11.5 Å². The Morgan fingerprint density at radius 1 is 0.947 bits per heavy atom.